The van der Waals surface area contributed by atoms with Gasteiger partial charge in [-0.25, -0.2) is 4.99 Å². The van der Waals surface area contributed by atoms with Gasteiger partial charge in [0.05, 0.1) is 24.3 Å². The van der Waals surface area contributed by atoms with E-state index in [4.69, 9.17) is 29.3 Å². The first kappa shape index (κ1) is 18.8. The van der Waals surface area contributed by atoms with Crippen molar-refractivity contribution in [3.8, 4) is 40.2 Å². The monoisotopic (exact) mass is 428 g/mol. The van der Waals surface area contributed by atoms with Crippen LogP contribution >= 0.6 is 11.6 Å². The van der Waals surface area contributed by atoms with Crippen LogP contribution in [0.5, 0.6) is 0 Å². The molecule has 0 bridgehead atoms. The molecule has 5 rings (SSSR count). The molecule has 0 atom stereocenters. The molecule has 0 fully saturated rings. The van der Waals surface area contributed by atoms with Crippen molar-refractivity contribution in [1.82, 2.24) is 0 Å². The van der Waals surface area contributed by atoms with E-state index in [9.17, 15) is 5.26 Å². The lowest BCUT2D eigenvalue weighted by molar-refractivity contribution is 0.527. The van der Waals surface area contributed by atoms with E-state index in [0.717, 1.165) is 5.56 Å². The molecule has 0 unspecified atom stereocenters. The third-order valence-electron chi connectivity index (χ3n) is 4.56. The number of hydrogen-bond acceptors (Lipinski definition) is 6. The minimum absolute atomic E-state index is 0.126. The molecule has 0 amide bonds. The first-order valence-corrected chi connectivity index (χ1v) is 9.65. The average molecular weight is 429 g/mol. The van der Waals surface area contributed by atoms with Crippen molar-refractivity contribution in [1.29, 1.82) is 5.26 Å². The Kier molecular flexibility index (Phi) is 4.79. The van der Waals surface area contributed by atoms with Crippen LogP contribution in [0.2, 0.25) is 5.02 Å². The lowest BCUT2D eigenvalue weighted by Crippen LogP contribution is -1.80. The zero-order valence-electron chi connectivity index (χ0n) is 15.9. The number of benzene rings is 1. The Morgan fingerprint density at radius 1 is 0.871 bits per heavy atom. The molecule has 0 aliphatic rings. The van der Waals surface area contributed by atoms with Crippen LogP contribution in [0.3, 0.4) is 0 Å². The Morgan fingerprint density at radius 3 is 2.39 bits per heavy atom. The molecular weight excluding hydrogens is 416 g/mol. The van der Waals surface area contributed by atoms with Crippen LogP contribution in [-0.2, 0) is 0 Å². The Bertz CT molecular complexity index is 1400. The number of nitrogens with zero attached hydrogens (tertiary/aromatic N) is 2. The van der Waals surface area contributed by atoms with E-state index in [0.29, 0.717) is 39.4 Å². The SMILES string of the molecule is N#Cc1c(N=Cc2ccc(-c3cccc(Cl)c3)o2)oc(-c2ccco2)c1-c1ccco1. The zero-order valence-corrected chi connectivity index (χ0v) is 16.7. The molecular formula is C24H13ClN2O4. The number of rotatable bonds is 5. The second-order valence-corrected chi connectivity index (χ2v) is 6.96. The van der Waals surface area contributed by atoms with E-state index < -0.39 is 0 Å². The molecule has 0 N–H and O–H groups in total. The molecule has 0 saturated heterocycles. The Labute approximate surface area is 181 Å². The standard InChI is InChI=1S/C24H13ClN2O4/c25-16-5-1-4-15(12-16)19-9-8-17(30-19)14-27-24-18(13-26)22(20-6-2-10-28-20)23(31-24)21-7-3-11-29-21/h1-12,14H. The Balaban J connectivity index is 1.54. The molecule has 1 aromatic carbocycles. The molecule has 0 spiro atoms. The molecule has 0 aliphatic heterocycles. The van der Waals surface area contributed by atoms with Crippen LogP contribution in [0, 0.1) is 11.3 Å². The van der Waals surface area contributed by atoms with Gasteiger partial charge >= 0.3 is 0 Å². The van der Waals surface area contributed by atoms with Crippen molar-refractivity contribution >= 4 is 23.7 Å². The lowest BCUT2D eigenvalue weighted by atomic mass is 10.1. The van der Waals surface area contributed by atoms with E-state index in [1.807, 2.05) is 24.3 Å². The van der Waals surface area contributed by atoms with Gasteiger partial charge in [0.25, 0.3) is 0 Å². The third kappa shape index (κ3) is 3.59. The second kappa shape index (κ2) is 7.90. The van der Waals surface area contributed by atoms with Gasteiger partial charge in [0.2, 0.25) is 5.88 Å². The minimum atomic E-state index is 0.126. The van der Waals surface area contributed by atoms with Gasteiger partial charge in [-0.2, -0.15) is 5.26 Å². The molecule has 5 aromatic rings. The predicted molar refractivity (Wildman–Crippen MR) is 115 cm³/mol. The molecule has 6 nitrogen and oxygen atoms in total. The summed E-state index contributed by atoms with van der Waals surface area (Å²) < 4.78 is 22.7. The van der Waals surface area contributed by atoms with Crippen molar-refractivity contribution in [2.45, 2.75) is 0 Å². The topological polar surface area (TPSA) is 88.7 Å². The number of furan rings is 4. The van der Waals surface area contributed by atoms with Crippen LogP contribution in [0.1, 0.15) is 11.3 Å². The number of nitriles is 1. The fraction of sp³-hybridized carbons (Fsp3) is 0. The maximum absolute atomic E-state index is 9.79. The van der Waals surface area contributed by atoms with Crippen LogP contribution in [-0.4, -0.2) is 6.21 Å². The predicted octanol–water partition coefficient (Wildman–Crippen LogP) is 7.34. The highest BCUT2D eigenvalue weighted by Gasteiger charge is 2.26. The number of hydrogen-bond donors (Lipinski definition) is 0. The summed E-state index contributed by atoms with van der Waals surface area (Å²) in [5.41, 5.74) is 1.57. The molecule has 4 aromatic heterocycles. The molecule has 4 heterocycles. The third-order valence-corrected chi connectivity index (χ3v) is 4.79. The lowest BCUT2D eigenvalue weighted by Gasteiger charge is -1.96. The van der Waals surface area contributed by atoms with Gasteiger partial charge in [-0.15, -0.1) is 0 Å². The smallest absolute Gasteiger partial charge is 0.238 e. The summed E-state index contributed by atoms with van der Waals surface area (Å²) >= 11 is 6.05. The van der Waals surface area contributed by atoms with Crippen LogP contribution < -0.4 is 0 Å². The van der Waals surface area contributed by atoms with Gasteiger partial charge in [-0.05, 0) is 48.5 Å². The summed E-state index contributed by atoms with van der Waals surface area (Å²) in [4.78, 5) is 4.36. The molecule has 0 saturated carbocycles. The number of halogens is 1. The van der Waals surface area contributed by atoms with E-state index in [-0.39, 0.29) is 11.4 Å². The van der Waals surface area contributed by atoms with Gasteiger partial charge in [0.15, 0.2) is 11.5 Å². The first-order valence-electron chi connectivity index (χ1n) is 9.27. The van der Waals surface area contributed by atoms with E-state index in [2.05, 4.69) is 11.1 Å². The highest BCUT2D eigenvalue weighted by Crippen LogP contribution is 2.42. The van der Waals surface area contributed by atoms with Crippen LogP contribution in [0.4, 0.5) is 5.88 Å². The number of aliphatic imine (C=N–C) groups is 1. The molecule has 150 valence electrons. The highest BCUT2D eigenvalue weighted by atomic mass is 35.5. The van der Waals surface area contributed by atoms with Crippen molar-refractivity contribution < 1.29 is 17.7 Å². The maximum atomic E-state index is 9.79. The van der Waals surface area contributed by atoms with Gasteiger partial charge in [0, 0.05) is 10.6 Å². The summed E-state index contributed by atoms with van der Waals surface area (Å²) in [6, 6.07) is 20.1. The quantitative estimate of drug-likeness (QED) is 0.273. The summed E-state index contributed by atoms with van der Waals surface area (Å²) in [6.45, 7) is 0. The van der Waals surface area contributed by atoms with E-state index in [1.165, 1.54) is 18.7 Å². The molecule has 0 aliphatic carbocycles. The van der Waals surface area contributed by atoms with Gasteiger partial charge in [-0.1, -0.05) is 23.7 Å². The average Bonchev–Trinajstić information content (AvgIpc) is 3.58. The van der Waals surface area contributed by atoms with Crippen molar-refractivity contribution in [2.24, 2.45) is 4.99 Å². The van der Waals surface area contributed by atoms with Crippen LogP contribution in [0.15, 0.2) is 95.9 Å². The Morgan fingerprint density at radius 2 is 1.68 bits per heavy atom. The molecule has 7 heteroatoms. The normalized spacial score (nSPS) is 11.2. The highest BCUT2D eigenvalue weighted by molar-refractivity contribution is 6.30. The van der Waals surface area contributed by atoms with E-state index >= 15 is 0 Å². The maximum Gasteiger partial charge on any atom is 0.238 e. The van der Waals surface area contributed by atoms with Gasteiger partial charge < -0.3 is 17.7 Å². The van der Waals surface area contributed by atoms with Gasteiger partial charge in [-0.3, -0.25) is 0 Å². The second-order valence-electron chi connectivity index (χ2n) is 6.52. The van der Waals surface area contributed by atoms with Crippen molar-refractivity contribution in [2.75, 3.05) is 0 Å². The van der Waals surface area contributed by atoms with Crippen molar-refractivity contribution in [3.05, 3.63) is 89.5 Å². The minimum Gasteiger partial charge on any atom is -0.464 e. The molecule has 0 radical (unpaired) electrons. The van der Waals surface area contributed by atoms with Crippen molar-refractivity contribution in [3.63, 3.8) is 0 Å². The first-order chi connectivity index (χ1) is 15.2. The largest absolute Gasteiger partial charge is 0.464 e. The van der Waals surface area contributed by atoms with Crippen LogP contribution in [0.25, 0.3) is 34.2 Å². The van der Waals surface area contributed by atoms with Gasteiger partial charge in [0.1, 0.15) is 28.9 Å². The fourth-order valence-corrected chi connectivity index (χ4v) is 3.38. The fourth-order valence-electron chi connectivity index (χ4n) is 3.19. The molecule has 31 heavy (non-hydrogen) atoms. The summed E-state index contributed by atoms with van der Waals surface area (Å²) in [5, 5.41) is 10.4. The Hall–Kier alpha value is -4.21. The summed E-state index contributed by atoms with van der Waals surface area (Å²) in [6.07, 6.45) is 4.54. The summed E-state index contributed by atoms with van der Waals surface area (Å²) in [7, 11) is 0. The van der Waals surface area contributed by atoms with E-state index in [1.54, 1.807) is 36.4 Å². The zero-order chi connectivity index (χ0) is 21.2. The summed E-state index contributed by atoms with van der Waals surface area (Å²) in [5.74, 6) is 2.58.